The second-order valence-electron chi connectivity index (χ2n) is 8.09. The number of nitrogens with zero attached hydrogens (tertiary/aromatic N) is 1. The van der Waals surface area contributed by atoms with Gasteiger partial charge in [-0.2, -0.15) is 0 Å². The molecule has 30 heavy (non-hydrogen) atoms. The van der Waals surface area contributed by atoms with Gasteiger partial charge in [0.2, 0.25) is 5.79 Å². The third-order valence-corrected chi connectivity index (χ3v) is 5.87. The van der Waals surface area contributed by atoms with Crippen molar-refractivity contribution in [1.82, 2.24) is 4.90 Å². The molecule has 0 bridgehead atoms. The number of esters is 1. The Morgan fingerprint density at radius 2 is 2.00 bits per heavy atom. The number of ketones is 1. The van der Waals surface area contributed by atoms with Crippen molar-refractivity contribution in [2.75, 3.05) is 6.54 Å². The molecule has 1 aliphatic carbocycles. The Balaban J connectivity index is 1.73. The van der Waals surface area contributed by atoms with Gasteiger partial charge in [0.15, 0.2) is 0 Å². The first-order valence-corrected chi connectivity index (χ1v) is 10.2. The van der Waals surface area contributed by atoms with Crippen LogP contribution in [0.25, 0.3) is 0 Å². The van der Waals surface area contributed by atoms with Gasteiger partial charge < -0.3 is 36.1 Å². The second kappa shape index (κ2) is 8.84. The van der Waals surface area contributed by atoms with E-state index in [4.69, 9.17) is 20.9 Å². The lowest BCUT2D eigenvalue weighted by atomic mass is 9.88. The largest absolute Gasteiger partial charge is 0.453 e. The molecule has 3 rings (SSSR count). The molecule has 0 aromatic heterocycles. The Morgan fingerprint density at radius 3 is 2.70 bits per heavy atom. The summed E-state index contributed by atoms with van der Waals surface area (Å²) >= 11 is 0. The first kappa shape index (κ1) is 22.4. The Morgan fingerprint density at radius 1 is 1.27 bits per heavy atom. The molecule has 0 saturated carbocycles. The van der Waals surface area contributed by atoms with Crippen LogP contribution in [0.1, 0.15) is 39.0 Å². The van der Waals surface area contributed by atoms with Crippen LogP contribution in [0, 0.1) is 5.92 Å². The van der Waals surface area contributed by atoms with Gasteiger partial charge in [0, 0.05) is 18.2 Å². The maximum Gasteiger partial charge on any atom is 0.329 e. The molecule has 166 valence electrons. The van der Waals surface area contributed by atoms with Gasteiger partial charge in [-0.1, -0.05) is 6.92 Å². The monoisotopic (exact) mass is 423 g/mol. The second-order valence-corrected chi connectivity index (χ2v) is 8.09. The molecule has 2 fully saturated rings. The quantitative estimate of drug-likeness (QED) is 0.329. The molecule has 2 saturated heterocycles. The number of aliphatic hydroxyl groups is 2. The number of hydrogen-bond acceptors (Lipinski definition) is 9. The summed E-state index contributed by atoms with van der Waals surface area (Å²) in [4.78, 5) is 39.7. The van der Waals surface area contributed by atoms with Crippen LogP contribution >= 0.6 is 0 Å². The minimum absolute atomic E-state index is 0.163. The van der Waals surface area contributed by atoms with Gasteiger partial charge in [-0.05, 0) is 50.3 Å². The van der Waals surface area contributed by atoms with Crippen molar-refractivity contribution < 1.29 is 34.1 Å². The van der Waals surface area contributed by atoms with E-state index in [9.17, 15) is 24.6 Å². The smallest absolute Gasteiger partial charge is 0.329 e. The maximum absolute atomic E-state index is 13.0. The summed E-state index contributed by atoms with van der Waals surface area (Å²) in [6.45, 7) is 1.77. The molecule has 3 aliphatic rings. The number of carbonyl (C=O) groups excluding carboxylic acids is 3. The number of carbonyl (C=O) groups is 3. The van der Waals surface area contributed by atoms with E-state index in [1.165, 1.54) is 18.2 Å². The van der Waals surface area contributed by atoms with Gasteiger partial charge in [0.1, 0.15) is 24.5 Å². The number of Topliss-reactive ketones (excluding diaryl/α,β-unsaturated/α-hetero) is 1. The molecule has 10 nitrogen and oxygen atoms in total. The van der Waals surface area contributed by atoms with Crippen LogP contribution in [-0.4, -0.2) is 69.6 Å². The summed E-state index contributed by atoms with van der Waals surface area (Å²) < 4.78 is 10.6. The molecule has 2 heterocycles. The van der Waals surface area contributed by atoms with Crippen molar-refractivity contribution in [3.05, 3.63) is 23.9 Å². The van der Waals surface area contributed by atoms with E-state index >= 15 is 0 Å². The first-order chi connectivity index (χ1) is 14.1. The van der Waals surface area contributed by atoms with E-state index < -0.39 is 53.8 Å². The highest BCUT2D eigenvalue weighted by atomic mass is 16.6. The lowest BCUT2D eigenvalue weighted by Gasteiger charge is -2.41. The SMILES string of the molecule is CC1CCC(N)OC1(O)C(=O)C(=O)N1CCCCC1C(=O)OC1C=CC(N)=CC1O. The Labute approximate surface area is 174 Å². The molecule has 10 heteroatoms. The first-order valence-electron chi connectivity index (χ1n) is 10.2. The fourth-order valence-electron chi connectivity index (χ4n) is 3.99. The highest BCUT2D eigenvalue weighted by molar-refractivity contribution is 6.39. The molecular formula is C20H29N3O7. The lowest BCUT2D eigenvalue weighted by Crippen LogP contribution is -2.61. The van der Waals surface area contributed by atoms with Gasteiger partial charge in [-0.15, -0.1) is 0 Å². The Hall–Kier alpha value is -2.27. The fraction of sp³-hybridized carbons (Fsp3) is 0.650. The third-order valence-electron chi connectivity index (χ3n) is 5.87. The van der Waals surface area contributed by atoms with Crippen LogP contribution < -0.4 is 11.5 Å². The number of amides is 1. The minimum Gasteiger partial charge on any atom is -0.453 e. The number of hydrogen-bond donors (Lipinski definition) is 4. The van der Waals surface area contributed by atoms with Gasteiger partial charge in [0.05, 0.1) is 0 Å². The van der Waals surface area contributed by atoms with Crippen LogP contribution in [0.3, 0.4) is 0 Å². The molecule has 0 radical (unpaired) electrons. The topological polar surface area (TPSA) is 165 Å². The number of piperidine rings is 1. The van der Waals surface area contributed by atoms with Crippen LogP contribution in [0.5, 0.6) is 0 Å². The molecule has 2 aliphatic heterocycles. The van der Waals surface area contributed by atoms with E-state index in [-0.39, 0.29) is 6.54 Å². The molecule has 0 aromatic carbocycles. The molecule has 6 N–H and O–H groups in total. The highest BCUT2D eigenvalue weighted by Crippen LogP contribution is 2.33. The third kappa shape index (κ3) is 4.41. The summed E-state index contributed by atoms with van der Waals surface area (Å²) in [6.07, 6.45) is 3.86. The zero-order chi connectivity index (χ0) is 22.1. The number of nitrogens with two attached hydrogens (primary N) is 2. The van der Waals surface area contributed by atoms with Crippen molar-refractivity contribution in [1.29, 1.82) is 0 Å². The standard InChI is InChI=1S/C20H29N3O7/c1-11-5-8-16(22)30-20(11,28)17(25)18(26)23-9-3-2-4-13(23)19(27)29-15-7-6-12(21)10-14(15)24/h6-7,10-11,13-16,24,28H,2-5,8-9,21-22H2,1H3. The molecule has 0 aromatic rings. The fourth-order valence-corrected chi connectivity index (χ4v) is 3.99. The summed E-state index contributed by atoms with van der Waals surface area (Å²) in [7, 11) is 0. The lowest BCUT2D eigenvalue weighted by molar-refractivity contribution is -0.261. The predicted molar refractivity (Wildman–Crippen MR) is 104 cm³/mol. The van der Waals surface area contributed by atoms with Crippen molar-refractivity contribution in [2.24, 2.45) is 17.4 Å². The zero-order valence-electron chi connectivity index (χ0n) is 16.9. The van der Waals surface area contributed by atoms with Crippen molar-refractivity contribution >= 4 is 17.7 Å². The van der Waals surface area contributed by atoms with Crippen LogP contribution in [0.2, 0.25) is 0 Å². The summed E-state index contributed by atoms with van der Waals surface area (Å²) in [5.74, 6) is -5.84. The van der Waals surface area contributed by atoms with E-state index in [1.54, 1.807) is 6.92 Å². The molecular weight excluding hydrogens is 394 g/mol. The van der Waals surface area contributed by atoms with E-state index in [2.05, 4.69) is 0 Å². The van der Waals surface area contributed by atoms with Gasteiger partial charge in [-0.3, -0.25) is 9.59 Å². The van der Waals surface area contributed by atoms with E-state index in [1.807, 2.05) is 0 Å². The number of likely N-dealkylation sites (tertiary alicyclic amines) is 1. The van der Waals surface area contributed by atoms with Crippen molar-refractivity contribution in [3.63, 3.8) is 0 Å². The number of ether oxygens (including phenoxy) is 2. The predicted octanol–water partition coefficient (Wildman–Crippen LogP) is -0.958. The van der Waals surface area contributed by atoms with Crippen molar-refractivity contribution in [3.8, 4) is 0 Å². The highest BCUT2D eigenvalue weighted by Gasteiger charge is 2.52. The molecule has 0 spiro atoms. The van der Waals surface area contributed by atoms with Crippen molar-refractivity contribution in [2.45, 2.75) is 69.3 Å². The normalized spacial score (nSPS) is 36.7. The summed E-state index contributed by atoms with van der Waals surface area (Å²) in [6, 6.07) is -1.00. The van der Waals surface area contributed by atoms with Crippen LogP contribution in [-0.2, 0) is 23.9 Å². The Bertz CT molecular complexity index is 767. The van der Waals surface area contributed by atoms with E-state index in [0.717, 1.165) is 4.90 Å². The number of rotatable bonds is 4. The van der Waals surface area contributed by atoms with Gasteiger partial charge in [0.25, 0.3) is 11.7 Å². The van der Waals surface area contributed by atoms with Crippen LogP contribution in [0.4, 0.5) is 0 Å². The summed E-state index contributed by atoms with van der Waals surface area (Å²) in [5, 5.41) is 20.8. The van der Waals surface area contributed by atoms with E-state index in [0.29, 0.717) is 37.8 Å². The number of allylic oxidation sites excluding steroid dienone is 1. The summed E-state index contributed by atoms with van der Waals surface area (Å²) in [5.41, 5.74) is 11.7. The average molecular weight is 423 g/mol. The maximum atomic E-state index is 13.0. The molecule has 1 amide bonds. The molecule has 6 atom stereocenters. The average Bonchev–Trinajstić information content (AvgIpc) is 2.71. The molecule has 6 unspecified atom stereocenters. The Kier molecular flexibility index (Phi) is 6.61. The zero-order valence-corrected chi connectivity index (χ0v) is 16.9. The van der Waals surface area contributed by atoms with Gasteiger partial charge in [-0.25, -0.2) is 4.79 Å². The number of aliphatic hydroxyl groups excluding tert-OH is 1. The van der Waals surface area contributed by atoms with Crippen LogP contribution in [0.15, 0.2) is 23.9 Å². The minimum atomic E-state index is -2.33. The van der Waals surface area contributed by atoms with Gasteiger partial charge >= 0.3 is 5.97 Å².